The molecule has 0 aliphatic carbocycles. The number of likely N-dealkylation sites (N-methyl/N-ethyl adjacent to an activating group) is 1. The molecule has 346 valence electrons. The second-order valence-electron chi connectivity index (χ2n) is 19.3. The molecule has 14 nitrogen and oxygen atoms in total. The zero-order chi connectivity index (χ0) is 47.1. The number of hydrazine groups is 1. The average molecular weight is 889 g/mol. The van der Waals surface area contributed by atoms with Crippen LogP contribution < -0.4 is 10.7 Å². The first-order valence-corrected chi connectivity index (χ1v) is 22.8. The predicted octanol–water partition coefficient (Wildman–Crippen LogP) is 5.60. The second-order valence-corrected chi connectivity index (χ2v) is 19.3. The minimum Gasteiger partial charge on any atom is -0.508 e. The van der Waals surface area contributed by atoms with Gasteiger partial charge in [0.2, 0.25) is 11.8 Å². The molecule has 65 heavy (non-hydrogen) atoms. The number of esters is 1. The molecule has 0 unspecified atom stereocenters. The van der Waals surface area contributed by atoms with Crippen LogP contribution in [0.1, 0.15) is 76.1 Å². The molecule has 4 heterocycles. The number of ether oxygens (including phenoxy) is 1. The molecule has 14 heteroatoms. The van der Waals surface area contributed by atoms with E-state index in [0.717, 1.165) is 50.5 Å². The Morgan fingerprint density at radius 3 is 2.45 bits per heavy atom. The van der Waals surface area contributed by atoms with E-state index in [1.54, 1.807) is 26.0 Å². The van der Waals surface area contributed by atoms with E-state index in [1.807, 2.05) is 12.1 Å². The lowest BCUT2D eigenvalue weighted by Gasteiger charge is -2.37. The number of carbonyl (C=O) groups excluding carboxylic acids is 5. The van der Waals surface area contributed by atoms with E-state index < -0.39 is 64.7 Å². The number of nitrogens with one attached hydrogen (secondary N) is 2. The fourth-order valence-corrected chi connectivity index (χ4v) is 10.1. The van der Waals surface area contributed by atoms with E-state index in [9.17, 15) is 34.2 Å². The summed E-state index contributed by atoms with van der Waals surface area (Å²) in [6.07, 6.45) is 2.58. The lowest BCUT2D eigenvalue weighted by Crippen LogP contribution is -2.63. The summed E-state index contributed by atoms with van der Waals surface area (Å²) in [6.45, 7) is 18.6. The zero-order valence-corrected chi connectivity index (χ0v) is 39.0. The zero-order valence-electron chi connectivity index (χ0n) is 39.0. The summed E-state index contributed by atoms with van der Waals surface area (Å²) < 4.78 is 8.44. The van der Waals surface area contributed by atoms with Gasteiger partial charge in [0.05, 0.1) is 18.8 Å². The first-order valence-electron chi connectivity index (χ1n) is 22.8. The maximum absolute atomic E-state index is 14.7. The Morgan fingerprint density at radius 1 is 1.05 bits per heavy atom. The quantitative estimate of drug-likeness (QED) is 0.130. The molecule has 4 amide bonds. The summed E-state index contributed by atoms with van der Waals surface area (Å²) in [5.41, 5.74) is 9.57. The normalized spacial score (nSPS) is 21.8. The van der Waals surface area contributed by atoms with Crippen molar-refractivity contribution in [3.05, 3.63) is 89.5 Å². The number of aliphatic hydroxyl groups is 1. The van der Waals surface area contributed by atoms with Crippen LogP contribution >= 0.6 is 0 Å². The second kappa shape index (κ2) is 18.5. The maximum atomic E-state index is 14.7. The number of hydrogen-bond donors (Lipinski definition) is 4. The maximum Gasteiger partial charge on any atom is 0.324 e. The number of nitrogens with zero attached hydrogens (tertiary/aromatic N) is 4. The SMILES string of the molecule is C=CC(=O)N1CC[C@](O)(C(=O)N(C)[C@H](C(=O)N[C@H]2Cc3cc(O)cc(c3)-c3ccc4c(c3)c(c(-c3c(C)cccc3C)n4CC)CC(C)(C)COC(=O)[C@@H]3CCCN(N3)C2=O)C(C)C)C1. The number of benzene rings is 3. The van der Waals surface area contributed by atoms with Crippen LogP contribution in [0.15, 0.2) is 67.3 Å². The number of cyclic esters (lactones) is 1. The van der Waals surface area contributed by atoms with Gasteiger partial charge in [-0.2, -0.15) is 0 Å². The Bertz CT molecular complexity index is 2520. The topological polar surface area (TPSA) is 174 Å². The van der Waals surface area contributed by atoms with Crippen LogP contribution in [0.25, 0.3) is 33.3 Å². The van der Waals surface area contributed by atoms with Crippen LogP contribution in [-0.2, 0) is 48.1 Å². The van der Waals surface area contributed by atoms with Gasteiger partial charge in [-0.25, -0.2) is 5.43 Å². The van der Waals surface area contributed by atoms with Crippen molar-refractivity contribution in [1.82, 2.24) is 30.1 Å². The fraction of sp³-hybridized carbons (Fsp3) is 0.471. The molecule has 2 fully saturated rings. The number of aromatic hydroxyl groups is 1. The molecule has 0 spiro atoms. The summed E-state index contributed by atoms with van der Waals surface area (Å²) in [7, 11) is 1.43. The number of fused-ring (bicyclic) bond motifs is 6. The van der Waals surface area contributed by atoms with Crippen LogP contribution in [0.2, 0.25) is 0 Å². The Balaban J connectivity index is 1.31. The van der Waals surface area contributed by atoms with Gasteiger partial charge in [-0.05, 0) is 110 Å². The van der Waals surface area contributed by atoms with Crippen LogP contribution in [0.3, 0.4) is 0 Å². The Labute approximate surface area is 381 Å². The van der Waals surface area contributed by atoms with Gasteiger partial charge < -0.3 is 34.6 Å². The molecule has 0 radical (unpaired) electrons. The van der Waals surface area contributed by atoms with Crippen LogP contribution in [0.5, 0.6) is 5.75 Å². The van der Waals surface area contributed by atoms with Gasteiger partial charge in [-0.15, -0.1) is 0 Å². The van der Waals surface area contributed by atoms with E-state index >= 15 is 0 Å². The summed E-state index contributed by atoms with van der Waals surface area (Å²) in [4.78, 5) is 71.9. The van der Waals surface area contributed by atoms with Crippen molar-refractivity contribution in [1.29, 1.82) is 0 Å². The standard InChI is InChI=1S/C51H64N6O8/c1-10-42(59)55-21-19-51(64,28-55)49(63)54(9)44(30(3)4)46(60)52-40-24-33-22-35(25-36(58)23-33)34-17-18-41-37(26-34)38(45(56(41)11-2)43-31(5)14-12-15-32(43)6)27-50(7,8)29-65-48(62)39-16-13-20-57(53-39)47(40)61/h10,12,14-15,17-18,22-23,25-26,30,39-40,44,53,58,64H,1,11,13,16,19-21,24,27-29H2,2-9H3,(H,52,60)/t39-,40-,44-,51+/m0/s1. The third-order valence-electron chi connectivity index (χ3n) is 13.3. The monoisotopic (exact) mass is 888 g/mol. The Morgan fingerprint density at radius 2 is 1.77 bits per heavy atom. The van der Waals surface area contributed by atoms with E-state index in [4.69, 9.17) is 4.74 Å². The largest absolute Gasteiger partial charge is 0.508 e. The van der Waals surface area contributed by atoms with Crippen LogP contribution in [0.4, 0.5) is 0 Å². The summed E-state index contributed by atoms with van der Waals surface area (Å²) in [5.74, 6) is -3.26. The number of aryl methyl sites for hydroxylation is 3. The van der Waals surface area contributed by atoms with Gasteiger partial charge in [0.25, 0.3) is 11.8 Å². The van der Waals surface area contributed by atoms with Crippen LogP contribution in [-0.4, -0.2) is 116 Å². The minimum absolute atomic E-state index is 0.0168. The van der Waals surface area contributed by atoms with Crippen molar-refractivity contribution in [2.75, 3.05) is 33.3 Å². The molecule has 6 bridgehead atoms. The van der Waals surface area contributed by atoms with E-state index in [0.29, 0.717) is 36.9 Å². The van der Waals surface area contributed by atoms with Gasteiger partial charge >= 0.3 is 5.97 Å². The summed E-state index contributed by atoms with van der Waals surface area (Å²) in [5, 5.41) is 28.1. The highest BCUT2D eigenvalue weighted by Crippen LogP contribution is 2.42. The molecular weight excluding hydrogens is 825 g/mol. The Kier molecular flexibility index (Phi) is 13.4. The third-order valence-corrected chi connectivity index (χ3v) is 13.3. The highest BCUT2D eigenvalue weighted by molar-refractivity contribution is 5.97. The molecule has 4 N–H and O–H groups in total. The van der Waals surface area contributed by atoms with Crippen molar-refractivity contribution < 1.29 is 38.9 Å². The minimum atomic E-state index is -1.92. The molecule has 3 aliphatic heterocycles. The van der Waals surface area contributed by atoms with E-state index in [-0.39, 0.29) is 44.8 Å². The molecule has 0 saturated carbocycles. The first kappa shape index (κ1) is 47.0. The van der Waals surface area contributed by atoms with Crippen molar-refractivity contribution in [2.45, 2.75) is 111 Å². The van der Waals surface area contributed by atoms with Gasteiger partial charge in [0.1, 0.15) is 23.9 Å². The van der Waals surface area contributed by atoms with Crippen molar-refractivity contribution >= 4 is 40.5 Å². The third kappa shape index (κ3) is 9.42. The van der Waals surface area contributed by atoms with Gasteiger partial charge in [0, 0.05) is 61.4 Å². The van der Waals surface area contributed by atoms with E-state index in [1.165, 1.54) is 21.9 Å². The molecule has 4 atom stereocenters. The molecule has 4 aromatic rings. The number of hydrogen-bond acceptors (Lipinski definition) is 9. The molecule has 7 rings (SSSR count). The summed E-state index contributed by atoms with van der Waals surface area (Å²) in [6, 6.07) is 14.6. The molecule has 2 saturated heterocycles. The highest BCUT2D eigenvalue weighted by atomic mass is 16.5. The number of likely N-dealkylation sites (tertiary alicyclic amines) is 1. The molecular formula is C51H64N6O8. The number of amides is 4. The first-order chi connectivity index (χ1) is 30.7. The number of aromatic nitrogens is 1. The molecule has 3 aromatic carbocycles. The Hall–Kier alpha value is -5.99. The average Bonchev–Trinajstić information content (AvgIpc) is 3.81. The van der Waals surface area contributed by atoms with Gasteiger partial charge in [-0.3, -0.25) is 29.0 Å². The number of phenolic OH excluding ortho intramolecular Hbond substituents is 1. The number of rotatable bonds is 8. The lowest BCUT2D eigenvalue weighted by atomic mass is 9.83. The van der Waals surface area contributed by atoms with Gasteiger partial charge in [0.15, 0.2) is 5.60 Å². The summed E-state index contributed by atoms with van der Waals surface area (Å²) >= 11 is 0. The highest BCUT2D eigenvalue weighted by Gasteiger charge is 2.48. The van der Waals surface area contributed by atoms with Crippen LogP contribution in [0, 0.1) is 25.2 Å². The number of β-amino-alcohol motifs (C(OH)–C–C–N with tert-alkyl or cyclic N) is 1. The van der Waals surface area contributed by atoms with Crippen molar-refractivity contribution in [2.24, 2.45) is 11.3 Å². The van der Waals surface area contributed by atoms with Crippen molar-refractivity contribution in [3.63, 3.8) is 0 Å². The molecule has 3 aliphatic rings. The predicted molar refractivity (Wildman–Crippen MR) is 249 cm³/mol. The lowest BCUT2D eigenvalue weighted by molar-refractivity contribution is -0.156. The molecule has 1 aromatic heterocycles. The van der Waals surface area contributed by atoms with E-state index in [2.05, 4.69) is 86.8 Å². The van der Waals surface area contributed by atoms with Gasteiger partial charge in [-0.1, -0.05) is 64.6 Å². The van der Waals surface area contributed by atoms with Crippen molar-refractivity contribution in [3.8, 4) is 28.1 Å². The smallest absolute Gasteiger partial charge is 0.324 e. The number of carbonyl (C=O) groups is 5. The fourth-order valence-electron chi connectivity index (χ4n) is 10.1. The number of phenols is 1.